The van der Waals surface area contributed by atoms with Gasteiger partial charge in [0.25, 0.3) is 0 Å². The third kappa shape index (κ3) is 4.52. The summed E-state index contributed by atoms with van der Waals surface area (Å²) in [6.45, 7) is 1.04. The molecule has 8 nitrogen and oxygen atoms in total. The maximum absolute atomic E-state index is 11.1. The van der Waals surface area contributed by atoms with Crippen molar-refractivity contribution in [3.8, 4) is 0 Å². The number of nitrogens with zero attached hydrogens (tertiary/aromatic N) is 2. The predicted molar refractivity (Wildman–Crippen MR) is 77.1 cm³/mol. The Balaban J connectivity index is 1.85. The van der Waals surface area contributed by atoms with Crippen molar-refractivity contribution in [2.45, 2.75) is 17.7 Å². The van der Waals surface area contributed by atoms with E-state index in [1.54, 1.807) is 12.1 Å². The highest BCUT2D eigenvalue weighted by Gasteiger charge is 2.07. The molecule has 0 saturated heterocycles. The average molecular weight is 311 g/mol. The maximum atomic E-state index is 11.1. The molecule has 1 aromatic heterocycles. The summed E-state index contributed by atoms with van der Waals surface area (Å²) in [5.74, 6) is 0.498. The zero-order valence-corrected chi connectivity index (χ0v) is 12.1. The molecule has 0 bridgehead atoms. The highest BCUT2D eigenvalue weighted by molar-refractivity contribution is 7.89. The molecular formula is C12H17N5O3S. The van der Waals surface area contributed by atoms with Crippen molar-refractivity contribution in [1.29, 1.82) is 0 Å². The molecule has 2 aromatic rings. The molecule has 0 aliphatic carbocycles. The lowest BCUT2D eigenvalue weighted by Gasteiger charge is -2.03. The lowest BCUT2D eigenvalue weighted by molar-refractivity contribution is 0.506. The average Bonchev–Trinajstić information content (AvgIpc) is 2.86. The van der Waals surface area contributed by atoms with E-state index in [9.17, 15) is 8.42 Å². The third-order valence-electron chi connectivity index (χ3n) is 2.77. The van der Waals surface area contributed by atoms with Crippen molar-refractivity contribution < 1.29 is 12.8 Å². The quantitative estimate of drug-likeness (QED) is 0.647. The largest absolute Gasteiger partial charge is 0.408 e. The molecule has 0 aliphatic heterocycles. The molecule has 2 rings (SSSR count). The first kappa shape index (κ1) is 15.4. The number of hydrogen-bond acceptors (Lipinski definition) is 7. The van der Waals surface area contributed by atoms with Crippen LogP contribution in [0, 0.1) is 0 Å². The zero-order chi connectivity index (χ0) is 15.3. The number of aromatic nitrogens is 2. The van der Waals surface area contributed by atoms with Crippen molar-refractivity contribution in [1.82, 2.24) is 10.2 Å². The Morgan fingerprint density at radius 1 is 1.14 bits per heavy atom. The van der Waals surface area contributed by atoms with Gasteiger partial charge in [-0.2, -0.15) is 0 Å². The van der Waals surface area contributed by atoms with Crippen LogP contribution in [-0.2, 0) is 22.9 Å². The summed E-state index contributed by atoms with van der Waals surface area (Å²) < 4.78 is 27.6. The minimum atomic E-state index is -3.64. The lowest BCUT2D eigenvalue weighted by atomic mass is 10.1. The van der Waals surface area contributed by atoms with Crippen LogP contribution in [-0.4, -0.2) is 31.7 Å². The maximum Gasteiger partial charge on any atom is 0.315 e. The van der Waals surface area contributed by atoms with Crippen molar-refractivity contribution in [2.75, 3.05) is 18.4 Å². The number of primary sulfonamides is 1. The van der Waals surface area contributed by atoms with Crippen LogP contribution in [0.15, 0.2) is 33.6 Å². The molecule has 21 heavy (non-hydrogen) atoms. The van der Waals surface area contributed by atoms with E-state index >= 15 is 0 Å². The lowest BCUT2D eigenvalue weighted by Crippen LogP contribution is -2.12. The van der Waals surface area contributed by atoms with Crippen LogP contribution in [0.4, 0.5) is 6.01 Å². The summed E-state index contributed by atoms with van der Waals surface area (Å²) in [5.41, 5.74) is 6.36. The van der Waals surface area contributed by atoms with E-state index < -0.39 is 10.0 Å². The highest BCUT2D eigenvalue weighted by Crippen LogP contribution is 2.10. The Hall–Kier alpha value is -1.97. The molecule has 0 aliphatic rings. The normalized spacial score (nSPS) is 11.5. The van der Waals surface area contributed by atoms with Crippen molar-refractivity contribution >= 4 is 16.0 Å². The number of anilines is 1. The SMILES string of the molecule is NCCc1nnc(NCCc2ccc(S(N)(=O)=O)cc2)o1. The van der Waals surface area contributed by atoms with Crippen molar-refractivity contribution in [3.63, 3.8) is 0 Å². The molecule has 0 fully saturated rings. The number of benzene rings is 1. The van der Waals surface area contributed by atoms with Gasteiger partial charge in [0.1, 0.15) is 0 Å². The number of nitrogens with one attached hydrogen (secondary N) is 1. The second-order valence-corrected chi connectivity index (χ2v) is 5.97. The Bertz CT molecular complexity index is 681. The van der Waals surface area contributed by atoms with Gasteiger partial charge in [-0.15, -0.1) is 5.10 Å². The smallest absolute Gasteiger partial charge is 0.315 e. The molecule has 1 heterocycles. The van der Waals surface area contributed by atoms with Gasteiger partial charge >= 0.3 is 6.01 Å². The molecule has 114 valence electrons. The highest BCUT2D eigenvalue weighted by atomic mass is 32.2. The minimum Gasteiger partial charge on any atom is -0.408 e. The fourth-order valence-electron chi connectivity index (χ4n) is 1.71. The zero-order valence-electron chi connectivity index (χ0n) is 11.3. The molecule has 1 aromatic carbocycles. The van der Waals surface area contributed by atoms with Crippen molar-refractivity contribution in [3.05, 3.63) is 35.7 Å². The summed E-state index contributed by atoms with van der Waals surface area (Å²) in [6.07, 6.45) is 1.23. The molecule has 0 atom stereocenters. The van der Waals surface area contributed by atoms with E-state index in [4.69, 9.17) is 15.3 Å². The van der Waals surface area contributed by atoms with Gasteiger partial charge in [-0.1, -0.05) is 17.2 Å². The minimum absolute atomic E-state index is 0.0996. The van der Waals surface area contributed by atoms with E-state index in [1.807, 2.05) is 0 Å². The second-order valence-electron chi connectivity index (χ2n) is 4.41. The summed E-state index contributed by atoms with van der Waals surface area (Å²) in [7, 11) is -3.64. The van der Waals surface area contributed by atoms with Gasteiger partial charge in [0.2, 0.25) is 15.9 Å². The molecule has 0 spiro atoms. The number of rotatable bonds is 7. The van der Waals surface area contributed by atoms with Crippen LogP contribution >= 0.6 is 0 Å². The fraction of sp³-hybridized carbons (Fsp3) is 0.333. The molecule has 0 amide bonds. The van der Waals surface area contributed by atoms with E-state index in [-0.39, 0.29) is 4.90 Å². The van der Waals surface area contributed by atoms with E-state index in [1.165, 1.54) is 12.1 Å². The van der Waals surface area contributed by atoms with Crippen LogP contribution in [0.1, 0.15) is 11.5 Å². The van der Waals surface area contributed by atoms with Gasteiger partial charge < -0.3 is 15.5 Å². The summed E-state index contributed by atoms with van der Waals surface area (Å²) >= 11 is 0. The first-order valence-corrected chi connectivity index (χ1v) is 7.92. The van der Waals surface area contributed by atoms with E-state index in [2.05, 4.69) is 15.5 Å². The summed E-state index contributed by atoms with van der Waals surface area (Å²) in [5, 5.41) is 15.7. The van der Waals surface area contributed by atoms with Crippen LogP contribution in [0.5, 0.6) is 0 Å². The second kappa shape index (κ2) is 6.66. The van der Waals surface area contributed by atoms with E-state index in [0.29, 0.717) is 37.8 Å². The molecule has 0 unspecified atom stereocenters. The topological polar surface area (TPSA) is 137 Å². The van der Waals surface area contributed by atoms with Crippen LogP contribution in [0.25, 0.3) is 0 Å². The van der Waals surface area contributed by atoms with Crippen LogP contribution in [0.2, 0.25) is 0 Å². The molecule has 0 saturated carbocycles. The third-order valence-corrected chi connectivity index (χ3v) is 3.70. The van der Waals surface area contributed by atoms with Gasteiger partial charge in [-0.25, -0.2) is 13.6 Å². The fourth-order valence-corrected chi connectivity index (χ4v) is 2.22. The van der Waals surface area contributed by atoms with Gasteiger partial charge in [-0.3, -0.25) is 0 Å². The Kier molecular flexibility index (Phi) is 4.89. The molecule has 9 heteroatoms. The van der Waals surface area contributed by atoms with Gasteiger partial charge in [0.15, 0.2) is 0 Å². The van der Waals surface area contributed by atoms with Crippen LogP contribution in [0.3, 0.4) is 0 Å². The summed E-state index contributed by atoms with van der Waals surface area (Å²) in [4.78, 5) is 0.0996. The molecule has 0 radical (unpaired) electrons. The standard InChI is InChI=1S/C12H17N5O3S/c13-7-5-11-16-17-12(20-11)15-8-6-9-1-3-10(4-2-9)21(14,18)19/h1-4H,5-8,13H2,(H,15,17)(H2,14,18,19). The van der Waals surface area contributed by atoms with Gasteiger partial charge in [0.05, 0.1) is 4.90 Å². The first-order chi connectivity index (χ1) is 9.99. The van der Waals surface area contributed by atoms with Crippen LogP contribution < -0.4 is 16.2 Å². The van der Waals surface area contributed by atoms with Gasteiger partial charge in [0, 0.05) is 19.5 Å². The first-order valence-electron chi connectivity index (χ1n) is 6.37. The summed E-state index contributed by atoms with van der Waals surface area (Å²) in [6, 6.07) is 6.75. The Morgan fingerprint density at radius 2 is 1.86 bits per heavy atom. The molecule has 5 N–H and O–H groups in total. The number of nitrogens with two attached hydrogens (primary N) is 2. The Labute approximate surface area is 122 Å². The predicted octanol–water partition coefficient (Wildman–Crippen LogP) is -0.127. The van der Waals surface area contributed by atoms with E-state index in [0.717, 1.165) is 5.56 Å². The monoisotopic (exact) mass is 311 g/mol. The number of hydrogen-bond donors (Lipinski definition) is 3. The van der Waals surface area contributed by atoms with Crippen molar-refractivity contribution in [2.24, 2.45) is 10.9 Å². The van der Waals surface area contributed by atoms with Gasteiger partial charge in [-0.05, 0) is 24.1 Å². The number of sulfonamides is 1. The Morgan fingerprint density at radius 3 is 2.48 bits per heavy atom. The molecular weight excluding hydrogens is 294 g/mol.